The second-order valence-corrected chi connectivity index (χ2v) is 12.7. The number of fused-ring (bicyclic) bond motifs is 1. The van der Waals surface area contributed by atoms with E-state index in [1.165, 1.54) is 17.5 Å². The van der Waals surface area contributed by atoms with Crippen LogP contribution in [0.3, 0.4) is 0 Å². The summed E-state index contributed by atoms with van der Waals surface area (Å²) in [7, 11) is 0. The van der Waals surface area contributed by atoms with Crippen molar-refractivity contribution in [2.75, 3.05) is 25.0 Å². The first kappa shape index (κ1) is 27.1. The van der Waals surface area contributed by atoms with E-state index < -0.39 is 11.7 Å². The maximum atomic E-state index is 12.7. The highest BCUT2D eigenvalue weighted by Crippen LogP contribution is 2.56. The Bertz CT molecular complexity index is 1250. The number of carbonyl (C=O) groups is 2. The molecular weight excluding hydrogens is 508 g/mol. The standard InChI is InChI=1S/C30H40N6O4/c1-29(40,21-6-7-21)28(39)35-23-13-30(14-23)11-22(12-30)34-26-10-25(32-18-33-26)27(38)31-15-24(37)17-36-9-8-19-4-2-3-5-20(19)16-36/h2-5,10,18,21-24,37,40H,6-9,11-17H2,1H3,(H,31,38)(H,35,39)(H,32,33,34)/t22?,23?,24-,29?,30?/m0/s1. The number of nitrogens with one attached hydrogen (secondary N) is 3. The van der Waals surface area contributed by atoms with E-state index in [0.717, 1.165) is 58.0 Å². The van der Waals surface area contributed by atoms with Gasteiger partial charge in [-0.15, -0.1) is 0 Å². The number of aliphatic hydroxyl groups excluding tert-OH is 1. The maximum absolute atomic E-state index is 12.7. The number of nitrogens with zero attached hydrogens (tertiary/aromatic N) is 3. The number of aromatic nitrogens is 2. The SMILES string of the molecule is CC(O)(C(=O)NC1CC2(C1)CC(Nc1cc(C(=O)NC[C@H](O)CN3CCc4ccccc4C3)ncn1)C2)C1CC1. The van der Waals surface area contributed by atoms with Crippen molar-refractivity contribution in [2.45, 2.75) is 82.2 Å². The fraction of sp³-hybridized carbons (Fsp3) is 0.600. The lowest BCUT2D eigenvalue weighted by atomic mass is 9.52. The third kappa shape index (κ3) is 5.84. The van der Waals surface area contributed by atoms with Crippen molar-refractivity contribution in [1.29, 1.82) is 0 Å². The van der Waals surface area contributed by atoms with Gasteiger partial charge in [0.05, 0.1) is 6.10 Å². The highest BCUT2D eigenvalue weighted by atomic mass is 16.3. The van der Waals surface area contributed by atoms with E-state index >= 15 is 0 Å². The average molecular weight is 549 g/mol. The van der Waals surface area contributed by atoms with Crippen LogP contribution in [0.2, 0.25) is 0 Å². The molecule has 40 heavy (non-hydrogen) atoms. The lowest BCUT2D eigenvalue weighted by Gasteiger charge is -2.58. The number of β-amino-alcohol motifs (C(OH)–C–C–N with tert-alkyl or cyclic N) is 1. The molecule has 1 unspecified atom stereocenters. The Kier molecular flexibility index (Phi) is 7.27. The first-order valence-corrected chi connectivity index (χ1v) is 14.6. The Hall–Kier alpha value is -3.08. The van der Waals surface area contributed by atoms with Crippen LogP contribution >= 0.6 is 0 Å². The fourth-order valence-electron chi connectivity index (χ4n) is 6.81. The molecule has 1 spiro atoms. The van der Waals surface area contributed by atoms with E-state index in [0.29, 0.717) is 12.4 Å². The molecule has 2 aromatic rings. The molecule has 3 fully saturated rings. The number of aliphatic hydroxyl groups is 2. The summed E-state index contributed by atoms with van der Waals surface area (Å²) < 4.78 is 0. The molecule has 10 heteroatoms. The summed E-state index contributed by atoms with van der Waals surface area (Å²) in [6, 6.07) is 10.4. The van der Waals surface area contributed by atoms with Crippen LogP contribution in [-0.4, -0.2) is 80.3 Å². The summed E-state index contributed by atoms with van der Waals surface area (Å²) in [6.07, 6.45) is 7.35. The zero-order valence-corrected chi connectivity index (χ0v) is 23.1. The first-order valence-electron chi connectivity index (χ1n) is 14.6. The quantitative estimate of drug-likeness (QED) is 0.302. The van der Waals surface area contributed by atoms with Crippen molar-refractivity contribution >= 4 is 17.6 Å². The highest BCUT2D eigenvalue weighted by molar-refractivity contribution is 5.92. The van der Waals surface area contributed by atoms with E-state index in [1.807, 2.05) is 6.07 Å². The minimum Gasteiger partial charge on any atom is -0.390 e. The molecule has 1 aliphatic heterocycles. The second-order valence-electron chi connectivity index (χ2n) is 12.7. The van der Waals surface area contributed by atoms with Crippen molar-refractivity contribution in [3.05, 3.63) is 53.5 Å². The first-order chi connectivity index (χ1) is 19.2. The molecule has 5 N–H and O–H groups in total. The summed E-state index contributed by atoms with van der Waals surface area (Å²) in [5.74, 6) is 0.137. The Balaban J connectivity index is 0.912. The molecule has 0 radical (unpaired) electrons. The van der Waals surface area contributed by atoms with Gasteiger partial charge in [-0.3, -0.25) is 14.5 Å². The molecule has 6 rings (SSSR count). The maximum Gasteiger partial charge on any atom is 0.270 e. The summed E-state index contributed by atoms with van der Waals surface area (Å²) >= 11 is 0. The van der Waals surface area contributed by atoms with Crippen LogP contribution in [0.25, 0.3) is 0 Å². The number of hydrogen-bond donors (Lipinski definition) is 5. The Labute approximate surface area is 235 Å². The van der Waals surface area contributed by atoms with Crippen LogP contribution < -0.4 is 16.0 Å². The zero-order chi connectivity index (χ0) is 27.9. The van der Waals surface area contributed by atoms with Gasteiger partial charge in [0.25, 0.3) is 11.8 Å². The van der Waals surface area contributed by atoms with Gasteiger partial charge in [0.1, 0.15) is 23.4 Å². The van der Waals surface area contributed by atoms with Crippen LogP contribution in [0.4, 0.5) is 5.82 Å². The molecular formula is C30H40N6O4. The van der Waals surface area contributed by atoms with Crippen molar-refractivity contribution < 1.29 is 19.8 Å². The molecule has 4 aliphatic rings. The zero-order valence-electron chi connectivity index (χ0n) is 23.1. The lowest BCUT2D eigenvalue weighted by Crippen LogP contribution is -2.61. The van der Waals surface area contributed by atoms with Gasteiger partial charge in [-0.1, -0.05) is 24.3 Å². The van der Waals surface area contributed by atoms with E-state index in [-0.39, 0.29) is 47.5 Å². The van der Waals surface area contributed by atoms with Crippen LogP contribution in [0.15, 0.2) is 36.7 Å². The number of hydrogen-bond acceptors (Lipinski definition) is 8. The van der Waals surface area contributed by atoms with E-state index in [4.69, 9.17) is 0 Å². The summed E-state index contributed by atoms with van der Waals surface area (Å²) in [5, 5.41) is 30.2. The monoisotopic (exact) mass is 548 g/mol. The molecule has 214 valence electrons. The van der Waals surface area contributed by atoms with Gasteiger partial charge < -0.3 is 26.2 Å². The number of amides is 2. The van der Waals surface area contributed by atoms with Crippen LogP contribution in [0.1, 0.15) is 67.1 Å². The molecule has 1 aromatic heterocycles. The third-order valence-corrected chi connectivity index (χ3v) is 9.31. The van der Waals surface area contributed by atoms with E-state index in [2.05, 4.69) is 49.0 Å². The summed E-state index contributed by atoms with van der Waals surface area (Å²) in [4.78, 5) is 35.8. The molecule has 10 nitrogen and oxygen atoms in total. The lowest BCUT2D eigenvalue weighted by molar-refractivity contribution is -0.143. The number of rotatable bonds is 10. The predicted octanol–water partition coefficient (Wildman–Crippen LogP) is 1.63. The van der Waals surface area contributed by atoms with Crippen molar-refractivity contribution in [1.82, 2.24) is 25.5 Å². The molecule has 2 amide bonds. The summed E-state index contributed by atoms with van der Waals surface area (Å²) in [5.41, 5.74) is 1.92. The summed E-state index contributed by atoms with van der Waals surface area (Å²) in [6.45, 7) is 3.98. The average Bonchev–Trinajstić information content (AvgIpc) is 3.76. The largest absolute Gasteiger partial charge is 0.390 e. The van der Waals surface area contributed by atoms with Crippen LogP contribution in [-0.2, 0) is 17.8 Å². The van der Waals surface area contributed by atoms with Gasteiger partial charge >= 0.3 is 0 Å². The molecule has 3 saturated carbocycles. The minimum absolute atomic E-state index is 0.0991. The Morgan fingerprint density at radius 3 is 2.60 bits per heavy atom. The topological polar surface area (TPSA) is 140 Å². The van der Waals surface area contributed by atoms with Crippen LogP contribution in [0, 0.1) is 11.3 Å². The van der Waals surface area contributed by atoms with Crippen LogP contribution in [0.5, 0.6) is 0 Å². The van der Waals surface area contributed by atoms with Crippen molar-refractivity contribution in [3.63, 3.8) is 0 Å². The second kappa shape index (κ2) is 10.7. The molecule has 3 aliphatic carbocycles. The van der Waals surface area contributed by atoms with E-state index in [1.54, 1.807) is 13.0 Å². The number of benzene rings is 1. The number of anilines is 1. The fourth-order valence-corrected chi connectivity index (χ4v) is 6.81. The van der Waals surface area contributed by atoms with Gasteiger partial charge in [0, 0.05) is 44.3 Å². The predicted molar refractivity (Wildman–Crippen MR) is 149 cm³/mol. The highest BCUT2D eigenvalue weighted by Gasteiger charge is 2.54. The smallest absolute Gasteiger partial charge is 0.270 e. The van der Waals surface area contributed by atoms with E-state index in [9.17, 15) is 19.8 Å². The molecule has 0 bridgehead atoms. The molecule has 2 heterocycles. The van der Waals surface area contributed by atoms with Gasteiger partial charge in [-0.25, -0.2) is 9.97 Å². The normalized spacial score (nSPS) is 27.9. The Morgan fingerprint density at radius 1 is 1.12 bits per heavy atom. The van der Waals surface area contributed by atoms with Gasteiger partial charge in [-0.2, -0.15) is 0 Å². The minimum atomic E-state index is -1.25. The third-order valence-electron chi connectivity index (χ3n) is 9.31. The molecule has 1 aromatic carbocycles. The van der Waals surface area contributed by atoms with Crippen molar-refractivity contribution in [2.24, 2.45) is 11.3 Å². The van der Waals surface area contributed by atoms with Crippen molar-refractivity contribution in [3.8, 4) is 0 Å². The molecule has 0 saturated heterocycles. The van der Waals surface area contributed by atoms with Gasteiger partial charge in [0.2, 0.25) is 0 Å². The van der Waals surface area contributed by atoms with Gasteiger partial charge in [0.15, 0.2) is 0 Å². The van der Waals surface area contributed by atoms with Gasteiger partial charge in [-0.05, 0) is 74.3 Å². The molecule has 2 atom stereocenters. The number of carbonyl (C=O) groups excluding carboxylic acids is 2. The Morgan fingerprint density at radius 2 is 1.85 bits per heavy atom.